The SMILES string of the molecule is CCC(C)(CC)C(=CO[SiH3])CCc1ccccc1. The van der Waals surface area contributed by atoms with Gasteiger partial charge in [0.15, 0.2) is 0 Å². The highest BCUT2D eigenvalue weighted by molar-refractivity contribution is 5.98. The highest BCUT2D eigenvalue weighted by Crippen LogP contribution is 2.36. The van der Waals surface area contributed by atoms with Crippen molar-refractivity contribution in [3.05, 3.63) is 47.7 Å². The van der Waals surface area contributed by atoms with E-state index in [0.29, 0.717) is 5.41 Å². The van der Waals surface area contributed by atoms with E-state index in [4.69, 9.17) is 4.43 Å². The van der Waals surface area contributed by atoms with Gasteiger partial charge in [0, 0.05) is 0 Å². The molecule has 0 aromatic heterocycles. The Kier molecular flexibility index (Phi) is 6.20. The zero-order chi connectivity index (χ0) is 13.4. The van der Waals surface area contributed by atoms with Crippen molar-refractivity contribution in [3.63, 3.8) is 0 Å². The number of rotatable bonds is 7. The van der Waals surface area contributed by atoms with E-state index in [2.05, 4.69) is 51.1 Å². The van der Waals surface area contributed by atoms with E-state index in [9.17, 15) is 0 Å². The van der Waals surface area contributed by atoms with Crippen LogP contribution in [0, 0.1) is 5.41 Å². The molecule has 0 unspecified atom stereocenters. The van der Waals surface area contributed by atoms with E-state index in [1.54, 1.807) is 0 Å². The molecule has 2 heteroatoms. The number of hydrogen-bond donors (Lipinski definition) is 0. The second-order valence-corrected chi connectivity index (χ2v) is 5.60. The summed E-state index contributed by atoms with van der Waals surface area (Å²) in [6.45, 7) is 6.89. The molecule has 0 aliphatic carbocycles. The summed E-state index contributed by atoms with van der Waals surface area (Å²) in [7, 11) is 0.777. The fraction of sp³-hybridized carbons (Fsp3) is 0.500. The first-order valence-corrected chi connectivity index (χ1v) is 7.74. The first-order chi connectivity index (χ1) is 8.66. The largest absolute Gasteiger partial charge is 0.558 e. The predicted octanol–water partition coefficient (Wildman–Crippen LogP) is 3.63. The Morgan fingerprint density at radius 3 is 2.33 bits per heavy atom. The summed E-state index contributed by atoms with van der Waals surface area (Å²) in [4.78, 5) is 0. The van der Waals surface area contributed by atoms with Crippen LogP contribution in [0.4, 0.5) is 0 Å². The summed E-state index contributed by atoms with van der Waals surface area (Å²) in [6, 6.07) is 10.7. The summed E-state index contributed by atoms with van der Waals surface area (Å²) in [5, 5.41) is 0. The van der Waals surface area contributed by atoms with Crippen LogP contribution in [-0.2, 0) is 10.8 Å². The molecule has 0 amide bonds. The molecule has 1 nitrogen and oxygen atoms in total. The van der Waals surface area contributed by atoms with Gasteiger partial charge >= 0.3 is 0 Å². The molecule has 18 heavy (non-hydrogen) atoms. The smallest absolute Gasteiger partial charge is 0.203 e. The van der Waals surface area contributed by atoms with Gasteiger partial charge < -0.3 is 4.43 Å². The van der Waals surface area contributed by atoms with E-state index in [-0.39, 0.29) is 0 Å². The van der Waals surface area contributed by atoms with Gasteiger partial charge in [0.2, 0.25) is 10.5 Å². The fourth-order valence-electron chi connectivity index (χ4n) is 2.27. The number of hydrogen-bond acceptors (Lipinski definition) is 1. The first kappa shape index (κ1) is 15.0. The standard InChI is InChI=1S/C16H26OSi/c1-4-16(3,5-2)15(13-17-18)12-11-14-9-7-6-8-10-14/h6-10,13H,4-5,11-12H2,1-3,18H3. The van der Waals surface area contributed by atoms with E-state index in [1.807, 2.05) is 6.26 Å². The topological polar surface area (TPSA) is 9.23 Å². The Morgan fingerprint density at radius 1 is 1.22 bits per heavy atom. The molecular weight excluding hydrogens is 236 g/mol. The lowest BCUT2D eigenvalue weighted by molar-refractivity contribution is 0.340. The van der Waals surface area contributed by atoms with Crippen molar-refractivity contribution in [3.8, 4) is 0 Å². The van der Waals surface area contributed by atoms with Gasteiger partial charge in [-0.1, -0.05) is 51.1 Å². The quantitative estimate of drug-likeness (QED) is 0.538. The minimum absolute atomic E-state index is 0.291. The minimum atomic E-state index is 0.291. The van der Waals surface area contributed by atoms with Gasteiger partial charge in [0.1, 0.15) is 0 Å². The Labute approximate surface area is 115 Å². The van der Waals surface area contributed by atoms with E-state index >= 15 is 0 Å². The summed E-state index contributed by atoms with van der Waals surface area (Å²) >= 11 is 0. The van der Waals surface area contributed by atoms with E-state index < -0.39 is 0 Å². The van der Waals surface area contributed by atoms with Crippen LogP contribution >= 0.6 is 0 Å². The molecule has 0 saturated heterocycles. The molecule has 1 aromatic rings. The maximum atomic E-state index is 5.42. The fourth-order valence-corrected chi connectivity index (χ4v) is 2.56. The van der Waals surface area contributed by atoms with Crippen molar-refractivity contribution in [2.75, 3.05) is 0 Å². The molecule has 0 heterocycles. The van der Waals surface area contributed by atoms with E-state index in [1.165, 1.54) is 24.0 Å². The molecule has 0 radical (unpaired) electrons. The van der Waals surface area contributed by atoms with Crippen LogP contribution in [0.15, 0.2) is 42.2 Å². The van der Waals surface area contributed by atoms with Gasteiger partial charge in [-0.3, -0.25) is 0 Å². The van der Waals surface area contributed by atoms with Crippen molar-refractivity contribution in [2.24, 2.45) is 5.41 Å². The van der Waals surface area contributed by atoms with Gasteiger partial charge in [-0.05, 0) is 42.2 Å². The highest BCUT2D eigenvalue weighted by atomic mass is 28.2. The average molecular weight is 262 g/mol. The Hall–Kier alpha value is -1.02. The maximum Gasteiger partial charge on any atom is 0.203 e. The van der Waals surface area contributed by atoms with Crippen LogP contribution < -0.4 is 0 Å². The minimum Gasteiger partial charge on any atom is -0.558 e. The average Bonchev–Trinajstić information content (AvgIpc) is 2.43. The third kappa shape index (κ3) is 4.02. The van der Waals surface area contributed by atoms with Gasteiger partial charge in [0.05, 0.1) is 6.26 Å². The monoisotopic (exact) mass is 262 g/mol. The molecule has 0 atom stereocenters. The van der Waals surface area contributed by atoms with Gasteiger partial charge in [-0.15, -0.1) is 0 Å². The third-order valence-electron chi connectivity index (χ3n) is 4.12. The Morgan fingerprint density at radius 2 is 1.83 bits per heavy atom. The van der Waals surface area contributed by atoms with Crippen molar-refractivity contribution < 1.29 is 4.43 Å². The molecule has 100 valence electrons. The molecular formula is C16H26OSi. The van der Waals surface area contributed by atoms with Crippen LogP contribution in [0.5, 0.6) is 0 Å². The summed E-state index contributed by atoms with van der Waals surface area (Å²) in [6.07, 6.45) is 6.57. The summed E-state index contributed by atoms with van der Waals surface area (Å²) in [5.74, 6) is 0. The number of aryl methyl sites for hydroxylation is 1. The Bertz CT molecular complexity index is 366. The van der Waals surface area contributed by atoms with Crippen LogP contribution in [0.3, 0.4) is 0 Å². The maximum absolute atomic E-state index is 5.42. The lowest BCUT2D eigenvalue weighted by atomic mass is 9.76. The third-order valence-corrected chi connectivity index (χ3v) is 4.36. The molecule has 1 aromatic carbocycles. The highest BCUT2D eigenvalue weighted by Gasteiger charge is 2.24. The lowest BCUT2D eigenvalue weighted by Gasteiger charge is -2.30. The van der Waals surface area contributed by atoms with Gasteiger partial charge in [0.25, 0.3) is 0 Å². The van der Waals surface area contributed by atoms with Crippen LogP contribution in [0.2, 0.25) is 0 Å². The normalized spacial score (nSPS) is 12.7. The molecule has 0 saturated carbocycles. The molecule has 0 aliphatic heterocycles. The molecule has 0 spiro atoms. The van der Waals surface area contributed by atoms with Crippen molar-refractivity contribution in [1.82, 2.24) is 0 Å². The summed E-state index contributed by atoms with van der Waals surface area (Å²) < 4.78 is 5.42. The van der Waals surface area contributed by atoms with Crippen molar-refractivity contribution in [1.29, 1.82) is 0 Å². The van der Waals surface area contributed by atoms with Crippen molar-refractivity contribution >= 4 is 10.5 Å². The second kappa shape index (κ2) is 7.42. The van der Waals surface area contributed by atoms with Crippen LogP contribution in [0.1, 0.15) is 45.6 Å². The predicted molar refractivity (Wildman–Crippen MR) is 82.6 cm³/mol. The lowest BCUT2D eigenvalue weighted by Crippen LogP contribution is -2.18. The Balaban J connectivity index is 2.73. The van der Waals surface area contributed by atoms with Crippen LogP contribution in [0.25, 0.3) is 0 Å². The van der Waals surface area contributed by atoms with Crippen molar-refractivity contribution in [2.45, 2.75) is 46.5 Å². The van der Waals surface area contributed by atoms with Gasteiger partial charge in [-0.25, -0.2) is 0 Å². The van der Waals surface area contributed by atoms with Crippen LogP contribution in [-0.4, -0.2) is 10.5 Å². The molecule has 0 fully saturated rings. The molecule has 0 N–H and O–H groups in total. The molecule has 0 aliphatic rings. The molecule has 0 bridgehead atoms. The van der Waals surface area contributed by atoms with E-state index in [0.717, 1.165) is 23.3 Å². The number of benzene rings is 1. The molecule has 1 rings (SSSR count). The zero-order valence-electron chi connectivity index (χ0n) is 12.2. The first-order valence-electron chi connectivity index (χ1n) is 6.92. The summed E-state index contributed by atoms with van der Waals surface area (Å²) in [5.41, 5.74) is 3.16. The second-order valence-electron chi connectivity index (χ2n) is 5.13. The van der Waals surface area contributed by atoms with Gasteiger partial charge in [-0.2, -0.15) is 0 Å². The zero-order valence-corrected chi connectivity index (χ0v) is 14.2. The number of allylic oxidation sites excluding steroid dienone is 1.